The fraction of sp³-hybridized carbons (Fsp3) is 0.524. The van der Waals surface area contributed by atoms with E-state index in [1.165, 1.54) is 4.90 Å². The number of carboxylic acids is 2. The minimum Gasteiger partial charge on any atom is -0.473 e. The van der Waals surface area contributed by atoms with E-state index in [0.29, 0.717) is 45.9 Å². The number of aliphatic carboxylic acids is 2. The topological polar surface area (TPSA) is 158 Å². The van der Waals surface area contributed by atoms with E-state index in [0.717, 1.165) is 17.0 Å². The van der Waals surface area contributed by atoms with Crippen molar-refractivity contribution in [1.29, 1.82) is 0 Å². The van der Waals surface area contributed by atoms with Crippen LogP contribution in [0.3, 0.4) is 0 Å². The standard InChI is InChI=1S/C17H25N5O3.C2H2O4.C2H5/c1-3-25-10-9-22-15(19-14-5-4-6-18-16(14)22)12-20-7-8-21(17(23)24)13(2)11-20;3-1(4)2(5)6;1-2/h4-6,13H,3,7-12H2,1-2H3,(H,23,24);(H,3,4)(H,5,6);1H2,2H3. The normalized spacial score (nSPS) is 15.8. The molecule has 3 rings (SSSR count). The maximum atomic E-state index is 11.2. The molecule has 33 heavy (non-hydrogen) atoms. The molecule has 1 saturated heterocycles. The largest absolute Gasteiger partial charge is 0.473 e. The molecule has 183 valence electrons. The smallest absolute Gasteiger partial charge is 0.414 e. The predicted molar refractivity (Wildman–Crippen MR) is 120 cm³/mol. The highest BCUT2D eigenvalue weighted by molar-refractivity contribution is 6.27. The first kappa shape index (κ1) is 27.8. The van der Waals surface area contributed by atoms with Gasteiger partial charge < -0.3 is 29.5 Å². The fourth-order valence-electron chi connectivity index (χ4n) is 3.32. The minimum atomic E-state index is -1.82. The van der Waals surface area contributed by atoms with E-state index >= 15 is 0 Å². The summed E-state index contributed by atoms with van der Waals surface area (Å²) in [6.07, 6.45) is 0.930. The van der Waals surface area contributed by atoms with Gasteiger partial charge in [0.1, 0.15) is 11.3 Å². The van der Waals surface area contributed by atoms with Crippen LogP contribution >= 0.6 is 0 Å². The van der Waals surface area contributed by atoms with Crippen LogP contribution in [-0.2, 0) is 27.4 Å². The lowest BCUT2D eigenvalue weighted by atomic mass is 10.2. The first-order valence-corrected chi connectivity index (χ1v) is 10.5. The molecular formula is C21H32N5O7. The summed E-state index contributed by atoms with van der Waals surface area (Å²) < 4.78 is 7.61. The first-order chi connectivity index (χ1) is 15.7. The lowest BCUT2D eigenvalue weighted by molar-refractivity contribution is -0.159. The van der Waals surface area contributed by atoms with Gasteiger partial charge in [-0.15, -0.1) is 0 Å². The summed E-state index contributed by atoms with van der Waals surface area (Å²) in [6, 6.07) is 3.83. The average molecular weight is 467 g/mol. The molecule has 0 aliphatic carbocycles. The van der Waals surface area contributed by atoms with E-state index in [1.54, 1.807) is 13.1 Å². The summed E-state index contributed by atoms with van der Waals surface area (Å²) >= 11 is 0. The maximum absolute atomic E-state index is 11.2. The Labute approximate surface area is 192 Å². The van der Waals surface area contributed by atoms with E-state index in [2.05, 4.69) is 21.4 Å². The highest BCUT2D eigenvalue weighted by atomic mass is 16.5. The second-order valence-electron chi connectivity index (χ2n) is 6.89. The van der Waals surface area contributed by atoms with Crippen molar-refractivity contribution in [3.63, 3.8) is 0 Å². The number of pyridine rings is 1. The molecule has 2 aromatic rings. The van der Waals surface area contributed by atoms with E-state index in [1.807, 2.05) is 26.0 Å². The molecule has 0 aromatic carbocycles. The number of ether oxygens (including phenoxy) is 1. The van der Waals surface area contributed by atoms with Crippen LogP contribution in [0, 0.1) is 6.92 Å². The number of fused-ring (bicyclic) bond motifs is 1. The molecule has 1 atom stereocenters. The number of hydrogen-bond donors (Lipinski definition) is 3. The van der Waals surface area contributed by atoms with Crippen molar-refractivity contribution < 1.29 is 34.4 Å². The number of nitrogens with zero attached hydrogens (tertiary/aromatic N) is 5. The van der Waals surface area contributed by atoms with E-state index in [9.17, 15) is 9.90 Å². The third-order valence-electron chi connectivity index (χ3n) is 4.75. The quantitative estimate of drug-likeness (QED) is 0.422. The van der Waals surface area contributed by atoms with Gasteiger partial charge in [-0.05, 0) is 26.0 Å². The Bertz CT molecular complexity index is 906. The molecule has 12 nitrogen and oxygen atoms in total. The summed E-state index contributed by atoms with van der Waals surface area (Å²) in [4.78, 5) is 42.4. The van der Waals surface area contributed by atoms with E-state index in [-0.39, 0.29) is 6.04 Å². The van der Waals surface area contributed by atoms with Gasteiger partial charge in [-0.2, -0.15) is 0 Å². The second-order valence-corrected chi connectivity index (χ2v) is 6.89. The zero-order valence-corrected chi connectivity index (χ0v) is 19.2. The fourth-order valence-corrected chi connectivity index (χ4v) is 3.32. The van der Waals surface area contributed by atoms with Crippen molar-refractivity contribution in [2.45, 2.75) is 39.9 Å². The summed E-state index contributed by atoms with van der Waals surface area (Å²) in [5.41, 5.74) is 1.75. The van der Waals surface area contributed by atoms with E-state index in [4.69, 9.17) is 29.5 Å². The molecule has 12 heteroatoms. The Kier molecular flexibility index (Phi) is 11.8. The van der Waals surface area contributed by atoms with Crippen LogP contribution in [0.15, 0.2) is 18.3 Å². The van der Waals surface area contributed by atoms with Crippen LogP contribution in [0.1, 0.15) is 26.6 Å². The highest BCUT2D eigenvalue weighted by Gasteiger charge is 2.28. The van der Waals surface area contributed by atoms with Crippen LogP contribution in [0.5, 0.6) is 0 Å². The molecule has 1 amide bonds. The molecule has 3 heterocycles. The van der Waals surface area contributed by atoms with Gasteiger partial charge in [-0.25, -0.2) is 24.4 Å². The molecule has 1 unspecified atom stereocenters. The summed E-state index contributed by atoms with van der Waals surface area (Å²) in [5, 5.41) is 24.0. The number of piperazine rings is 1. The molecular weight excluding hydrogens is 434 g/mol. The molecule has 1 aliphatic heterocycles. The number of amides is 1. The van der Waals surface area contributed by atoms with Crippen LogP contribution in [0.25, 0.3) is 11.2 Å². The minimum absolute atomic E-state index is 0.0226. The Morgan fingerprint density at radius 1 is 1.18 bits per heavy atom. The van der Waals surface area contributed by atoms with Crippen molar-refractivity contribution in [2.75, 3.05) is 32.8 Å². The third-order valence-corrected chi connectivity index (χ3v) is 4.75. The van der Waals surface area contributed by atoms with Gasteiger partial charge in [-0.1, -0.05) is 13.8 Å². The van der Waals surface area contributed by atoms with Gasteiger partial charge in [0, 0.05) is 45.0 Å². The predicted octanol–water partition coefficient (Wildman–Crippen LogP) is 1.65. The van der Waals surface area contributed by atoms with Crippen molar-refractivity contribution in [3.8, 4) is 0 Å². The number of aromatic nitrogens is 3. The lowest BCUT2D eigenvalue weighted by Crippen LogP contribution is -2.53. The number of hydrogen-bond acceptors (Lipinski definition) is 7. The van der Waals surface area contributed by atoms with Crippen LogP contribution in [0.4, 0.5) is 4.79 Å². The number of carboxylic acid groups (broad SMARTS) is 3. The van der Waals surface area contributed by atoms with E-state index < -0.39 is 18.0 Å². The van der Waals surface area contributed by atoms with Crippen molar-refractivity contribution >= 4 is 29.2 Å². The molecule has 1 aliphatic rings. The Balaban J connectivity index is 0.000000593. The second kappa shape index (κ2) is 14.0. The molecule has 1 radical (unpaired) electrons. The lowest BCUT2D eigenvalue weighted by Gasteiger charge is -2.38. The molecule has 0 saturated carbocycles. The van der Waals surface area contributed by atoms with Gasteiger partial charge in [0.15, 0.2) is 5.65 Å². The SMILES string of the molecule is CCOCCn1c(CN2CCN(C(=O)O)C(C)C2)nc2cccnc21.O=C(O)C(=O)O.[CH2]C. The van der Waals surface area contributed by atoms with Gasteiger partial charge in [0.25, 0.3) is 0 Å². The zero-order valence-electron chi connectivity index (χ0n) is 19.2. The highest BCUT2D eigenvalue weighted by Crippen LogP contribution is 2.17. The summed E-state index contributed by atoms with van der Waals surface area (Å²) in [6.45, 7) is 13.6. The molecule has 0 spiro atoms. The van der Waals surface area contributed by atoms with Gasteiger partial charge in [0.2, 0.25) is 0 Å². The van der Waals surface area contributed by atoms with Crippen molar-refractivity contribution in [1.82, 2.24) is 24.3 Å². The van der Waals surface area contributed by atoms with Crippen LogP contribution in [-0.4, -0.2) is 96.6 Å². The maximum Gasteiger partial charge on any atom is 0.414 e. The summed E-state index contributed by atoms with van der Waals surface area (Å²) in [5.74, 6) is -2.70. The van der Waals surface area contributed by atoms with Gasteiger partial charge in [0.05, 0.1) is 13.2 Å². The molecule has 0 bridgehead atoms. The summed E-state index contributed by atoms with van der Waals surface area (Å²) in [7, 11) is 0. The Morgan fingerprint density at radius 2 is 1.85 bits per heavy atom. The molecule has 3 N–H and O–H groups in total. The van der Waals surface area contributed by atoms with Gasteiger partial charge in [-0.3, -0.25) is 4.90 Å². The molecule has 1 fully saturated rings. The Hall–Kier alpha value is -3.25. The average Bonchev–Trinajstić information content (AvgIpc) is 3.12. The first-order valence-electron chi connectivity index (χ1n) is 10.5. The van der Waals surface area contributed by atoms with Gasteiger partial charge >= 0.3 is 18.0 Å². The van der Waals surface area contributed by atoms with Crippen LogP contribution in [0.2, 0.25) is 0 Å². The number of carbonyl (C=O) groups is 3. The zero-order chi connectivity index (χ0) is 25.0. The Morgan fingerprint density at radius 3 is 2.39 bits per heavy atom. The van der Waals surface area contributed by atoms with Crippen molar-refractivity contribution in [2.24, 2.45) is 0 Å². The number of imidazole rings is 1. The third kappa shape index (κ3) is 8.31. The molecule has 2 aromatic heterocycles. The van der Waals surface area contributed by atoms with Crippen molar-refractivity contribution in [3.05, 3.63) is 31.1 Å². The number of rotatable bonds is 6. The van der Waals surface area contributed by atoms with Crippen LogP contribution < -0.4 is 0 Å². The monoisotopic (exact) mass is 466 g/mol.